The lowest BCUT2D eigenvalue weighted by Crippen LogP contribution is -2.39. The van der Waals surface area contributed by atoms with E-state index >= 15 is 0 Å². The molecule has 4 amide bonds. The van der Waals surface area contributed by atoms with E-state index < -0.39 is 30.8 Å². The molecule has 0 radical (unpaired) electrons. The van der Waals surface area contributed by atoms with Crippen LogP contribution in [0.4, 0.5) is 10.5 Å². The molecule has 1 fully saturated rings. The second-order valence-corrected chi connectivity index (χ2v) is 9.00. The highest BCUT2D eigenvalue weighted by Gasteiger charge is 2.27. The Labute approximate surface area is 225 Å². The van der Waals surface area contributed by atoms with Crippen molar-refractivity contribution in [3.8, 4) is 0 Å². The first-order chi connectivity index (χ1) is 18.6. The average molecular weight is 541 g/mol. The smallest absolute Gasteiger partial charge is 0.419 e. The number of esters is 1. The quantitative estimate of drug-likeness (QED) is 0.109. The number of nitrogens with zero attached hydrogens (tertiary/aromatic N) is 2. The molecule has 0 bridgehead atoms. The average Bonchev–Trinajstić information content (AvgIpc) is 3.63. The van der Waals surface area contributed by atoms with Crippen molar-refractivity contribution < 1.29 is 33.4 Å². The standard InChI is InChI=1S/C26H32N6O7/c1-5-32(26(37)39-13-38-25(36)16(4)29-12-33)24(35)19-11-28-21(15(19)3)22(27)31-20-10-17(7-6-14(20)2)23(34)30-18-8-9-18/h6-7,10-12,16,18,28H,5,8-9,13H2,1-4H3,(H2,27,31)(H,29,33)(H,30,34). The molecule has 1 aromatic carbocycles. The minimum Gasteiger partial charge on any atom is -0.426 e. The van der Waals surface area contributed by atoms with Crippen LogP contribution in [0.15, 0.2) is 29.4 Å². The van der Waals surface area contributed by atoms with Crippen LogP contribution in [0.5, 0.6) is 0 Å². The van der Waals surface area contributed by atoms with Gasteiger partial charge in [0.2, 0.25) is 13.2 Å². The summed E-state index contributed by atoms with van der Waals surface area (Å²) in [5.74, 6) is -1.56. The summed E-state index contributed by atoms with van der Waals surface area (Å²) < 4.78 is 9.67. The maximum Gasteiger partial charge on any atom is 0.419 e. The zero-order valence-corrected chi connectivity index (χ0v) is 22.2. The SMILES string of the molecule is CCN(C(=O)OCOC(=O)C(C)NC=O)C(=O)c1c[nH]c(C(N)=Nc2cc(C(=O)NC3CC3)ccc2C)c1C. The Bertz CT molecular complexity index is 1300. The van der Waals surface area contributed by atoms with E-state index in [0.29, 0.717) is 28.9 Å². The van der Waals surface area contributed by atoms with Crippen molar-refractivity contribution in [1.82, 2.24) is 20.5 Å². The topological polar surface area (TPSA) is 185 Å². The minimum absolute atomic E-state index is 0.0207. The number of rotatable bonds is 11. The first kappa shape index (κ1) is 28.9. The predicted molar refractivity (Wildman–Crippen MR) is 140 cm³/mol. The normalized spacial score (nSPS) is 13.7. The molecule has 39 heavy (non-hydrogen) atoms. The number of amidine groups is 1. The zero-order valence-electron chi connectivity index (χ0n) is 22.2. The van der Waals surface area contributed by atoms with E-state index in [9.17, 15) is 24.0 Å². The van der Waals surface area contributed by atoms with Gasteiger partial charge in [0.25, 0.3) is 11.8 Å². The van der Waals surface area contributed by atoms with Crippen LogP contribution in [0.1, 0.15) is 64.2 Å². The van der Waals surface area contributed by atoms with Gasteiger partial charge in [-0.05, 0) is 63.8 Å². The summed E-state index contributed by atoms with van der Waals surface area (Å²) in [6, 6.07) is 4.45. The molecule has 5 N–H and O–H groups in total. The minimum atomic E-state index is -1.02. The molecule has 0 aliphatic heterocycles. The third-order valence-electron chi connectivity index (χ3n) is 6.09. The predicted octanol–water partition coefficient (Wildman–Crippen LogP) is 1.79. The number of H-pyrrole nitrogens is 1. The summed E-state index contributed by atoms with van der Waals surface area (Å²) in [5.41, 5.74) is 9.03. The summed E-state index contributed by atoms with van der Waals surface area (Å²) >= 11 is 0. The third kappa shape index (κ3) is 7.21. The van der Waals surface area contributed by atoms with E-state index in [1.54, 1.807) is 32.0 Å². The van der Waals surface area contributed by atoms with Crippen LogP contribution in [0.3, 0.4) is 0 Å². The Balaban J connectivity index is 1.71. The van der Waals surface area contributed by atoms with Gasteiger partial charge in [0.15, 0.2) is 0 Å². The highest BCUT2D eigenvalue weighted by atomic mass is 16.7. The van der Waals surface area contributed by atoms with Crippen LogP contribution in [0.25, 0.3) is 0 Å². The largest absolute Gasteiger partial charge is 0.426 e. The van der Waals surface area contributed by atoms with E-state index in [4.69, 9.17) is 15.2 Å². The molecular weight excluding hydrogens is 508 g/mol. The highest BCUT2D eigenvalue weighted by molar-refractivity contribution is 6.07. The molecule has 0 saturated heterocycles. The number of hydrogen-bond acceptors (Lipinski definition) is 8. The number of carbonyl (C=O) groups excluding carboxylic acids is 5. The van der Waals surface area contributed by atoms with Crippen LogP contribution in [-0.4, -0.2) is 71.4 Å². The Morgan fingerprint density at radius 2 is 1.95 bits per heavy atom. The van der Waals surface area contributed by atoms with E-state index in [1.165, 1.54) is 13.1 Å². The Hall–Kier alpha value is -4.68. The number of amides is 4. The number of nitrogens with two attached hydrogens (primary N) is 1. The number of aromatic amines is 1. The fourth-order valence-electron chi connectivity index (χ4n) is 3.55. The number of carbonyl (C=O) groups is 5. The summed E-state index contributed by atoms with van der Waals surface area (Å²) in [5, 5.41) is 5.14. The van der Waals surface area contributed by atoms with E-state index in [2.05, 4.69) is 20.6 Å². The highest BCUT2D eigenvalue weighted by Crippen LogP contribution is 2.24. The van der Waals surface area contributed by atoms with Crippen molar-refractivity contribution in [1.29, 1.82) is 0 Å². The van der Waals surface area contributed by atoms with Gasteiger partial charge in [0.05, 0.1) is 16.9 Å². The van der Waals surface area contributed by atoms with Crippen LogP contribution < -0.4 is 16.4 Å². The number of aryl methyl sites for hydroxylation is 1. The lowest BCUT2D eigenvalue weighted by atomic mass is 10.1. The number of hydrogen-bond donors (Lipinski definition) is 4. The summed E-state index contributed by atoms with van der Waals surface area (Å²) in [7, 11) is 0. The van der Waals surface area contributed by atoms with Crippen molar-refractivity contribution in [3.05, 3.63) is 52.3 Å². The molecule has 0 spiro atoms. The molecule has 13 nitrogen and oxygen atoms in total. The fourth-order valence-corrected chi connectivity index (χ4v) is 3.55. The fraction of sp³-hybridized carbons (Fsp3) is 0.385. The molecule has 208 valence electrons. The summed E-state index contributed by atoms with van der Waals surface area (Å²) in [6.07, 6.45) is 2.68. The number of nitrogens with one attached hydrogen (secondary N) is 3. The van der Waals surface area contributed by atoms with Crippen molar-refractivity contribution in [2.24, 2.45) is 10.7 Å². The van der Waals surface area contributed by atoms with Gasteiger partial charge in [-0.3, -0.25) is 14.4 Å². The molecule has 1 atom stereocenters. The molecule has 1 heterocycles. The third-order valence-corrected chi connectivity index (χ3v) is 6.09. The van der Waals surface area contributed by atoms with Gasteiger partial charge < -0.3 is 30.8 Å². The van der Waals surface area contributed by atoms with E-state index in [1.807, 2.05) is 6.92 Å². The maximum atomic E-state index is 13.1. The van der Waals surface area contributed by atoms with Gasteiger partial charge in [-0.1, -0.05) is 6.07 Å². The molecule has 1 unspecified atom stereocenters. The van der Waals surface area contributed by atoms with Gasteiger partial charge in [-0.15, -0.1) is 0 Å². The second-order valence-electron chi connectivity index (χ2n) is 9.00. The molecule has 13 heteroatoms. The van der Waals surface area contributed by atoms with Crippen LogP contribution in [0, 0.1) is 13.8 Å². The van der Waals surface area contributed by atoms with Crippen molar-refractivity contribution >= 4 is 41.8 Å². The second kappa shape index (κ2) is 12.7. The van der Waals surface area contributed by atoms with Gasteiger partial charge in [0.1, 0.15) is 11.9 Å². The van der Waals surface area contributed by atoms with Crippen molar-refractivity contribution in [2.75, 3.05) is 13.3 Å². The van der Waals surface area contributed by atoms with Gasteiger partial charge in [0, 0.05) is 24.3 Å². The lowest BCUT2D eigenvalue weighted by molar-refractivity contribution is -0.154. The number of aromatic nitrogens is 1. The van der Waals surface area contributed by atoms with Gasteiger partial charge in [-0.25, -0.2) is 19.5 Å². The first-order valence-corrected chi connectivity index (χ1v) is 12.4. The van der Waals surface area contributed by atoms with Crippen LogP contribution in [0.2, 0.25) is 0 Å². The van der Waals surface area contributed by atoms with Crippen molar-refractivity contribution in [2.45, 2.75) is 52.6 Å². The first-order valence-electron chi connectivity index (χ1n) is 12.4. The van der Waals surface area contributed by atoms with Crippen molar-refractivity contribution in [3.63, 3.8) is 0 Å². The molecule has 1 saturated carbocycles. The van der Waals surface area contributed by atoms with E-state index in [0.717, 1.165) is 23.3 Å². The number of imide groups is 1. The molecular formula is C26H32N6O7. The lowest BCUT2D eigenvalue weighted by Gasteiger charge is -2.19. The molecule has 1 aromatic heterocycles. The van der Waals surface area contributed by atoms with E-state index in [-0.39, 0.29) is 29.9 Å². The molecule has 3 rings (SSSR count). The zero-order chi connectivity index (χ0) is 28.7. The molecule has 2 aromatic rings. The summed E-state index contributed by atoms with van der Waals surface area (Å²) in [4.78, 5) is 68.4. The number of benzene rings is 1. The van der Waals surface area contributed by atoms with Crippen LogP contribution in [-0.2, 0) is 19.1 Å². The number of aliphatic imine (C=N–C) groups is 1. The Kier molecular flexibility index (Phi) is 9.42. The summed E-state index contributed by atoms with van der Waals surface area (Å²) in [6.45, 7) is 5.71. The number of ether oxygens (including phenoxy) is 2. The molecule has 1 aliphatic rings. The van der Waals surface area contributed by atoms with Crippen LogP contribution >= 0.6 is 0 Å². The monoisotopic (exact) mass is 540 g/mol. The Morgan fingerprint density at radius 3 is 2.59 bits per heavy atom. The van der Waals surface area contributed by atoms with Gasteiger partial charge in [-0.2, -0.15) is 0 Å². The van der Waals surface area contributed by atoms with Gasteiger partial charge >= 0.3 is 12.1 Å². The maximum absolute atomic E-state index is 13.1. The Morgan fingerprint density at radius 1 is 1.23 bits per heavy atom. The molecule has 1 aliphatic carbocycles.